The van der Waals surface area contributed by atoms with Gasteiger partial charge in [0, 0.05) is 30.2 Å². The zero-order valence-corrected chi connectivity index (χ0v) is 11.2. The lowest BCUT2D eigenvalue weighted by atomic mass is 9.89. The third-order valence-electron chi connectivity index (χ3n) is 3.12. The van der Waals surface area contributed by atoms with Crippen molar-refractivity contribution in [3.63, 3.8) is 0 Å². The highest BCUT2D eigenvalue weighted by Gasteiger charge is 2.33. The fourth-order valence-corrected chi connectivity index (χ4v) is 1.79. The van der Waals surface area contributed by atoms with Gasteiger partial charge in [-0.3, -0.25) is 14.9 Å². The van der Waals surface area contributed by atoms with E-state index in [1.807, 2.05) is 0 Å². The average Bonchev–Trinajstić information content (AvgIpc) is 2.41. The lowest BCUT2D eigenvalue weighted by Gasteiger charge is -2.37. The minimum atomic E-state index is -0.457. The van der Waals surface area contributed by atoms with Crippen LogP contribution in [0.5, 0.6) is 0 Å². The Labute approximate surface area is 116 Å². The van der Waals surface area contributed by atoms with Gasteiger partial charge in [-0.05, 0) is 23.8 Å². The number of benzene rings is 1. The molecule has 1 amide bonds. The smallest absolute Gasteiger partial charge is 0.269 e. The van der Waals surface area contributed by atoms with Crippen molar-refractivity contribution in [2.75, 3.05) is 19.8 Å². The largest absolute Gasteiger partial charge is 0.380 e. The van der Waals surface area contributed by atoms with Gasteiger partial charge >= 0.3 is 0 Å². The standard InChI is InChI=1S/C14H16N2O4/c1-14(9-20-10-14)8-15-13(17)7-4-11-2-5-12(6-3-11)16(18)19/h2-7H,8-10H2,1H3,(H,15,17)/b7-4+. The topological polar surface area (TPSA) is 81.5 Å². The van der Waals surface area contributed by atoms with E-state index < -0.39 is 4.92 Å². The molecule has 1 N–H and O–H groups in total. The van der Waals surface area contributed by atoms with Crippen LogP contribution in [-0.2, 0) is 9.53 Å². The van der Waals surface area contributed by atoms with Crippen LogP contribution in [0.3, 0.4) is 0 Å². The van der Waals surface area contributed by atoms with Gasteiger partial charge in [-0.25, -0.2) is 0 Å². The van der Waals surface area contributed by atoms with Gasteiger partial charge in [0.2, 0.25) is 5.91 Å². The lowest BCUT2D eigenvalue weighted by Crippen LogP contribution is -2.48. The summed E-state index contributed by atoms with van der Waals surface area (Å²) in [6.45, 7) is 3.96. The Morgan fingerprint density at radius 3 is 2.60 bits per heavy atom. The first-order valence-electron chi connectivity index (χ1n) is 6.27. The predicted molar refractivity (Wildman–Crippen MR) is 74.1 cm³/mol. The number of rotatable bonds is 5. The van der Waals surface area contributed by atoms with E-state index in [1.165, 1.54) is 18.2 Å². The number of nitro benzene ring substituents is 1. The molecule has 0 atom stereocenters. The maximum atomic E-state index is 11.6. The van der Waals surface area contributed by atoms with Gasteiger partial charge in [0.1, 0.15) is 0 Å². The van der Waals surface area contributed by atoms with E-state index in [4.69, 9.17) is 4.74 Å². The molecule has 6 heteroatoms. The lowest BCUT2D eigenvalue weighted by molar-refractivity contribution is -0.384. The summed E-state index contributed by atoms with van der Waals surface area (Å²) >= 11 is 0. The van der Waals surface area contributed by atoms with Crippen LogP contribution in [0.2, 0.25) is 0 Å². The van der Waals surface area contributed by atoms with Gasteiger partial charge in [-0.1, -0.05) is 6.92 Å². The molecule has 1 aliphatic heterocycles. The highest BCUT2D eigenvalue weighted by Crippen LogP contribution is 2.24. The summed E-state index contributed by atoms with van der Waals surface area (Å²) in [6.07, 6.45) is 3.04. The molecule has 0 saturated carbocycles. The van der Waals surface area contributed by atoms with Crippen molar-refractivity contribution in [1.82, 2.24) is 5.32 Å². The van der Waals surface area contributed by atoms with Crippen molar-refractivity contribution >= 4 is 17.7 Å². The van der Waals surface area contributed by atoms with E-state index in [0.717, 1.165) is 5.56 Å². The highest BCUT2D eigenvalue weighted by molar-refractivity contribution is 5.91. The first kappa shape index (κ1) is 14.2. The van der Waals surface area contributed by atoms with Crippen LogP contribution < -0.4 is 5.32 Å². The molecule has 0 aliphatic carbocycles. The fraction of sp³-hybridized carbons (Fsp3) is 0.357. The summed E-state index contributed by atoms with van der Waals surface area (Å²) in [7, 11) is 0. The molecule has 2 rings (SSSR count). The maximum absolute atomic E-state index is 11.6. The van der Waals surface area contributed by atoms with Crippen LogP contribution in [0.1, 0.15) is 12.5 Å². The SMILES string of the molecule is CC1(CNC(=O)/C=C/c2ccc([N+](=O)[O-])cc2)COC1. The van der Waals surface area contributed by atoms with Crippen LogP contribution in [0.25, 0.3) is 6.08 Å². The Balaban J connectivity index is 1.85. The molecule has 20 heavy (non-hydrogen) atoms. The molecule has 0 spiro atoms. The molecule has 0 aromatic heterocycles. The quantitative estimate of drug-likeness (QED) is 0.504. The summed E-state index contributed by atoms with van der Waals surface area (Å²) in [6, 6.07) is 6.01. The molecule has 1 heterocycles. The summed E-state index contributed by atoms with van der Waals surface area (Å²) in [5, 5.41) is 13.3. The Hall–Kier alpha value is -2.21. The third kappa shape index (κ3) is 3.64. The minimum Gasteiger partial charge on any atom is -0.380 e. The average molecular weight is 276 g/mol. The number of carbonyl (C=O) groups is 1. The number of carbonyl (C=O) groups excluding carboxylic acids is 1. The number of hydrogen-bond acceptors (Lipinski definition) is 4. The number of non-ortho nitro benzene ring substituents is 1. The molecule has 1 fully saturated rings. The molecule has 1 aromatic rings. The molecule has 1 aromatic carbocycles. The summed E-state index contributed by atoms with van der Waals surface area (Å²) in [5.41, 5.74) is 0.810. The second-order valence-corrected chi connectivity index (χ2v) is 5.20. The van der Waals surface area contributed by atoms with E-state index in [1.54, 1.807) is 18.2 Å². The second kappa shape index (κ2) is 5.83. The monoisotopic (exact) mass is 276 g/mol. The molecule has 0 unspecified atom stereocenters. The molecular formula is C14H16N2O4. The minimum absolute atomic E-state index is 0.0320. The van der Waals surface area contributed by atoms with Crippen LogP contribution in [0.15, 0.2) is 30.3 Å². The van der Waals surface area contributed by atoms with Gasteiger partial charge < -0.3 is 10.1 Å². The third-order valence-corrected chi connectivity index (χ3v) is 3.12. The van der Waals surface area contributed by atoms with Crippen molar-refractivity contribution in [3.05, 3.63) is 46.0 Å². The van der Waals surface area contributed by atoms with Gasteiger partial charge in [0.15, 0.2) is 0 Å². The van der Waals surface area contributed by atoms with Gasteiger partial charge in [-0.2, -0.15) is 0 Å². The number of hydrogen-bond donors (Lipinski definition) is 1. The van der Waals surface area contributed by atoms with Crippen LogP contribution in [0, 0.1) is 15.5 Å². The fourth-order valence-electron chi connectivity index (χ4n) is 1.79. The highest BCUT2D eigenvalue weighted by atomic mass is 16.6. The predicted octanol–water partition coefficient (Wildman–Crippen LogP) is 1.76. The van der Waals surface area contributed by atoms with Crippen molar-refractivity contribution in [2.45, 2.75) is 6.92 Å². The summed E-state index contributed by atoms with van der Waals surface area (Å²) in [4.78, 5) is 21.7. The van der Waals surface area contributed by atoms with E-state index >= 15 is 0 Å². The van der Waals surface area contributed by atoms with Gasteiger partial charge in [0.25, 0.3) is 5.69 Å². The van der Waals surface area contributed by atoms with Crippen molar-refractivity contribution < 1.29 is 14.5 Å². The first-order chi connectivity index (χ1) is 9.48. The molecule has 6 nitrogen and oxygen atoms in total. The molecule has 1 saturated heterocycles. The van der Waals surface area contributed by atoms with Crippen LogP contribution >= 0.6 is 0 Å². The summed E-state index contributed by atoms with van der Waals surface area (Å²) in [5.74, 6) is -0.184. The number of nitrogens with zero attached hydrogens (tertiary/aromatic N) is 1. The first-order valence-corrected chi connectivity index (χ1v) is 6.27. The number of amides is 1. The van der Waals surface area contributed by atoms with Crippen LogP contribution in [0.4, 0.5) is 5.69 Å². The van der Waals surface area contributed by atoms with Crippen molar-refractivity contribution in [1.29, 1.82) is 0 Å². The number of nitrogens with one attached hydrogen (secondary N) is 1. The zero-order valence-electron chi connectivity index (χ0n) is 11.2. The molecule has 1 aliphatic rings. The molecular weight excluding hydrogens is 260 g/mol. The molecule has 0 bridgehead atoms. The Bertz CT molecular complexity index is 533. The number of ether oxygens (including phenoxy) is 1. The second-order valence-electron chi connectivity index (χ2n) is 5.20. The Morgan fingerprint density at radius 2 is 2.10 bits per heavy atom. The normalized spacial score (nSPS) is 16.6. The Morgan fingerprint density at radius 1 is 1.45 bits per heavy atom. The van der Waals surface area contributed by atoms with Crippen LogP contribution in [-0.4, -0.2) is 30.6 Å². The maximum Gasteiger partial charge on any atom is 0.269 e. The van der Waals surface area contributed by atoms with Crippen molar-refractivity contribution in [2.24, 2.45) is 5.41 Å². The van der Waals surface area contributed by atoms with E-state index in [0.29, 0.717) is 19.8 Å². The Kier molecular flexibility index (Phi) is 4.14. The van der Waals surface area contributed by atoms with Crippen molar-refractivity contribution in [3.8, 4) is 0 Å². The molecule has 106 valence electrons. The van der Waals surface area contributed by atoms with E-state index in [2.05, 4.69) is 12.2 Å². The zero-order chi connectivity index (χ0) is 14.6. The summed E-state index contributed by atoms with van der Waals surface area (Å²) < 4.78 is 5.11. The number of nitro groups is 1. The van der Waals surface area contributed by atoms with E-state index in [9.17, 15) is 14.9 Å². The van der Waals surface area contributed by atoms with E-state index in [-0.39, 0.29) is 17.0 Å². The van der Waals surface area contributed by atoms with Gasteiger partial charge in [-0.15, -0.1) is 0 Å². The molecule has 0 radical (unpaired) electrons. The van der Waals surface area contributed by atoms with Gasteiger partial charge in [0.05, 0.1) is 18.1 Å².